The Morgan fingerprint density at radius 3 is 3.00 bits per heavy atom. The predicted molar refractivity (Wildman–Crippen MR) is 67.7 cm³/mol. The number of nitrogens with zero attached hydrogens (tertiary/aromatic N) is 2. The zero-order valence-corrected chi connectivity index (χ0v) is 10.5. The van der Waals surface area contributed by atoms with Crippen molar-refractivity contribution in [3.05, 3.63) is 24.1 Å². The fourth-order valence-corrected chi connectivity index (χ4v) is 1.38. The zero-order chi connectivity index (χ0) is 12.5. The maximum atomic E-state index is 5.85. The van der Waals surface area contributed by atoms with E-state index in [1.54, 1.807) is 0 Å². The molecular formula is C11H16ClN3O2. The highest BCUT2D eigenvalue weighted by atomic mass is 35.5. The van der Waals surface area contributed by atoms with Gasteiger partial charge >= 0.3 is 0 Å². The quantitative estimate of drug-likeness (QED) is 0.439. The molecule has 94 valence electrons. The van der Waals surface area contributed by atoms with Crippen LogP contribution in [0.4, 0.5) is 5.82 Å². The molecule has 0 bridgehead atoms. The highest BCUT2D eigenvalue weighted by Crippen LogP contribution is 2.27. The molecule has 1 rings (SSSR count). The molecule has 0 unspecified atom stereocenters. The van der Waals surface area contributed by atoms with Gasteiger partial charge in [0.1, 0.15) is 6.33 Å². The maximum absolute atomic E-state index is 5.85. The lowest BCUT2D eigenvalue weighted by molar-refractivity contribution is 0.149. The Balaban J connectivity index is 2.36. The lowest BCUT2D eigenvalue weighted by Gasteiger charge is -2.10. The molecule has 1 aromatic heterocycles. The van der Waals surface area contributed by atoms with Gasteiger partial charge in [0.05, 0.1) is 20.3 Å². The van der Waals surface area contributed by atoms with Crippen LogP contribution in [0.25, 0.3) is 0 Å². The average molecular weight is 258 g/mol. The first-order valence-electron chi connectivity index (χ1n) is 5.26. The lowest BCUT2D eigenvalue weighted by atomic mass is 10.4. The first-order chi connectivity index (χ1) is 8.29. The molecule has 0 radical (unpaired) electrons. The van der Waals surface area contributed by atoms with Gasteiger partial charge in [0.15, 0.2) is 16.7 Å². The summed E-state index contributed by atoms with van der Waals surface area (Å²) in [4.78, 5) is 7.87. The summed E-state index contributed by atoms with van der Waals surface area (Å²) in [6.07, 6.45) is 4.05. The number of aromatic nitrogens is 2. The molecule has 6 heteroatoms. The SMILES string of the molecule is C=CCCOCCNc1ncnc(Cl)c1OC. The number of hydrogen-bond acceptors (Lipinski definition) is 5. The van der Waals surface area contributed by atoms with Gasteiger partial charge in [0, 0.05) is 6.54 Å². The molecule has 0 amide bonds. The Morgan fingerprint density at radius 1 is 1.47 bits per heavy atom. The van der Waals surface area contributed by atoms with E-state index in [1.165, 1.54) is 13.4 Å². The number of halogens is 1. The minimum Gasteiger partial charge on any atom is -0.490 e. The van der Waals surface area contributed by atoms with E-state index in [4.69, 9.17) is 21.1 Å². The second-order valence-corrected chi connectivity index (χ2v) is 3.52. The Kier molecular flexibility index (Phi) is 6.35. The van der Waals surface area contributed by atoms with Gasteiger partial charge in [0.2, 0.25) is 0 Å². The first-order valence-corrected chi connectivity index (χ1v) is 5.64. The number of methoxy groups -OCH3 is 1. The molecule has 1 N–H and O–H groups in total. The minimum atomic E-state index is 0.289. The summed E-state index contributed by atoms with van der Waals surface area (Å²) in [6.45, 7) is 5.50. The maximum Gasteiger partial charge on any atom is 0.198 e. The van der Waals surface area contributed by atoms with Crippen molar-refractivity contribution >= 4 is 17.4 Å². The van der Waals surface area contributed by atoms with Crippen LogP contribution in [0, 0.1) is 0 Å². The van der Waals surface area contributed by atoms with Crippen LogP contribution in [-0.4, -0.2) is 36.8 Å². The van der Waals surface area contributed by atoms with Crippen molar-refractivity contribution in [2.45, 2.75) is 6.42 Å². The standard InChI is InChI=1S/C11H16ClN3O2/c1-3-4-6-17-7-5-13-11-9(16-2)10(12)14-8-15-11/h3,8H,1,4-7H2,2H3,(H,13,14,15). The van der Waals surface area contributed by atoms with Crippen molar-refractivity contribution in [1.29, 1.82) is 0 Å². The van der Waals surface area contributed by atoms with E-state index < -0.39 is 0 Å². The van der Waals surface area contributed by atoms with Crippen LogP contribution in [-0.2, 0) is 4.74 Å². The van der Waals surface area contributed by atoms with Gasteiger partial charge in [-0.2, -0.15) is 0 Å². The summed E-state index contributed by atoms with van der Waals surface area (Å²) in [5, 5.41) is 3.36. The third-order valence-corrected chi connectivity index (χ3v) is 2.24. The molecule has 0 saturated heterocycles. The normalized spacial score (nSPS) is 10.0. The van der Waals surface area contributed by atoms with Crippen molar-refractivity contribution in [3.63, 3.8) is 0 Å². The molecule has 0 atom stereocenters. The Bertz CT molecular complexity index is 361. The predicted octanol–water partition coefficient (Wildman–Crippen LogP) is 2.14. The van der Waals surface area contributed by atoms with Crippen LogP contribution < -0.4 is 10.1 Å². The molecule has 0 spiro atoms. The van der Waals surface area contributed by atoms with Gasteiger partial charge in [-0.15, -0.1) is 6.58 Å². The summed E-state index contributed by atoms with van der Waals surface area (Å²) in [5.74, 6) is 1.01. The Morgan fingerprint density at radius 2 is 2.29 bits per heavy atom. The third kappa shape index (κ3) is 4.58. The molecule has 1 heterocycles. The summed E-state index contributed by atoms with van der Waals surface area (Å²) >= 11 is 5.85. The van der Waals surface area contributed by atoms with Crippen LogP contribution in [0.2, 0.25) is 5.15 Å². The molecule has 1 aromatic rings. The molecule has 0 aliphatic rings. The van der Waals surface area contributed by atoms with E-state index in [-0.39, 0.29) is 5.15 Å². The third-order valence-electron chi connectivity index (χ3n) is 1.97. The summed E-state index contributed by atoms with van der Waals surface area (Å²) in [5.41, 5.74) is 0. The summed E-state index contributed by atoms with van der Waals surface area (Å²) < 4.78 is 10.4. The lowest BCUT2D eigenvalue weighted by Crippen LogP contribution is -2.12. The highest BCUT2D eigenvalue weighted by Gasteiger charge is 2.08. The molecule has 0 saturated carbocycles. The number of rotatable bonds is 8. The summed E-state index contributed by atoms with van der Waals surface area (Å²) in [7, 11) is 1.52. The van der Waals surface area contributed by atoms with Gasteiger partial charge in [-0.1, -0.05) is 17.7 Å². The van der Waals surface area contributed by atoms with Crippen LogP contribution in [0.1, 0.15) is 6.42 Å². The van der Waals surface area contributed by atoms with E-state index in [1.807, 2.05) is 6.08 Å². The van der Waals surface area contributed by atoms with E-state index >= 15 is 0 Å². The smallest absolute Gasteiger partial charge is 0.198 e. The van der Waals surface area contributed by atoms with Crippen molar-refractivity contribution in [1.82, 2.24) is 9.97 Å². The van der Waals surface area contributed by atoms with Gasteiger partial charge < -0.3 is 14.8 Å². The molecule has 0 aliphatic carbocycles. The number of hydrogen-bond donors (Lipinski definition) is 1. The van der Waals surface area contributed by atoms with Crippen molar-refractivity contribution in [2.75, 3.05) is 32.2 Å². The van der Waals surface area contributed by atoms with E-state index in [0.29, 0.717) is 31.3 Å². The van der Waals surface area contributed by atoms with E-state index in [9.17, 15) is 0 Å². The molecule has 5 nitrogen and oxygen atoms in total. The largest absolute Gasteiger partial charge is 0.490 e. The molecule has 0 aromatic carbocycles. The van der Waals surface area contributed by atoms with Crippen LogP contribution in [0.3, 0.4) is 0 Å². The molecule has 17 heavy (non-hydrogen) atoms. The van der Waals surface area contributed by atoms with Gasteiger partial charge in [0.25, 0.3) is 0 Å². The van der Waals surface area contributed by atoms with Gasteiger partial charge in [-0.3, -0.25) is 0 Å². The van der Waals surface area contributed by atoms with Crippen molar-refractivity contribution in [3.8, 4) is 5.75 Å². The molecule has 0 aliphatic heterocycles. The fourth-order valence-electron chi connectivity index (χ4n) is 1.17. The Labute approximate surface area is 106 Å². The number of ether oxygens (including phenoxy) is 2. The topological polar surface area (TPSA) is 56.3 Å². The molecular weight excluding hydrogens is 242 g/mol. The van der Waals surface area contributed by atoms with E-state index in [0.717, 1.165) is 6.42 Å². The van der Waals surface area contributed by atoms with E-state index in [2.05, 4.69) is 21.9 Å². The first kappa shape index (κ1) is 13.7. The van der Waals surface area contributed by atoms with Crippen molar-refractivity contribution in [2.24, 2.45) is 0 Å². The fraction of sp³-hybridized carbons (Fsp3) is 0.455. The Hall–Kier alpha value is -1.33. The highest BCUT2D eigenvalue weighted by molar-refractivity contribution is 6.31. The molecule has 0 fully saturated rings. The van der Waals surface area contributed by atoms with Gasteiger partial charge in [-0.05, 0) is 6.42 Å². The van der Waals surface area contributed by atoms with Gasteiger partial charge in [-0.25, -0.2) is 9.97 Å². The second-order valence-electron chi connectivity index (χ2n) is 3.16. The number of anilines is 1. The van der Waals surface area contributed by atoms with Crippen LogP contribution in [0.15, 0.2) is 19.0 Å². The van der Waals surface area contributed by atoms with Crippen LogP contribution in [0.5, 0.6) is 5.75 Å². The average Bonchev–Trinajstić information content (AvgIpc) is 2.34. The zero-order valence-electron chi connectivity index (χ0n) is 9.78. The summed E-state index contributed by atoms with van der Waals surface area (Å²) in [6, 6.07) is 0. The minimum absolute atomic E-state index is 0.289. The number of nitrogens with one attached hydrogen (secondary N) is 1. The second kappa shape index (κ2) is 7.86. The monoisotopic (exact) mass is 257 g/mol. The van der Waals surface area contributed by atoms with Crippen molar-refractivity contribution < 1.29 is 9.47 Å². The van der Waals surface area contributed by atoms with Crippen LogP contribution >= 0.6 is 11.6 Å².